The number of nitro groups is 1. The van der Waals surface area contributed by atoms with Crippen LogP contribution >= 0.6 is 11.6 Å². The van der Waals surface area contributed by atoms with E-state index in [1.54, 1.807) is 6.20 Å². The third-order valence-corrected chi connectivity index (χ3v) is 2.78. The number of nitrogens with zero attached hydrogens (tertiary/aromatic N) is 4. The number of nitrogens with one attached hydrogen (secondary N) is 1. The molecule has 0 aliphatic rings. The van der Waals surface area contributed by atoms with Crippen LogP contribution in [0.25, 0.3) is 0 Å². The van der Waals surface area contributed by atoms with Gasteiger partial charge in [-0.15, -0.1) is 0 Å². The van der Waals surface area contributed by atoms with Gasteiger partial charge in [0.05, 0.1) is 17.2 Å². The summed E-state index contributed by atoms with van der Waals surface area (Å²) in [6.45, 7) is 2.23. The number of hydrogen-bond acceptors (Lipinski definition) is 6. The Kier molecular flexibility index (Phi) is 3.86. The molecule has 8 heteroatoms. The number of pyridine rings is 1. The number of halogens is 1. The third kappa shape index (κ3) is 2.94. The standard InChI is InChI=1S/C11H10ClN5O2/c1-7-3-2-4-13-8(7)5-14-11-9(17(18)19)10(12)15-6-16-11/h2-4,6H,5H2,1H3,(H,14,15,16). The fraction of sp³-hybridized carbons (Fsp3) is 0.182. The summed E-state index contributed by atoms with van der Waals surface area (Å²) in [6, 6.07) is 3.73. The molecule has 0 atom stereocenters. The number of aryl methyl sites for hydroxylation is 1. The van der Waals surface area contributed by atoms with Crippen LogP contribution in [0, 0.1) is 17.0 Å². The molecule has 0 aromatic carbocycles. The molecule has 0 radical (unpaired) electrons. The lowest BCUT2D eigenvalue weighted by Gasteiger charge is -2.07. The van der Waals surface area contributed by atoms with Gasteiger partial charge in [0.2, 0.25) is 11.0 Å². The summed E-state index contributed by atoms with van der Waals surface area (Å²) in [7, 11) is 0. The Labute approximate surface area is 113 Å². The largest absolute Gasteiger partial charge is 0.359 e. The normalized spacial score (nSPS) is 10.2. The third-order valence-electron chi connectivity index (χ3n) is 2.50. The lowest BCUT2D eigenvalue weighted by atomic mass is 10.2. The van der Waals surface area contributed by atoms with E-state index in [2.05, 4.69) is 20.3 Å². The smallest absolute Gasteiger partial charge is 0.348 e. The van der Waals surface area contributed by atoms with E-state index < -0.39 is 4.92 Å². The lowest BCUT2D eigenvalue weighted by Crippen LogP contribution is -2.08. The Morgan fingerprint density at radius 2 is 2.21 bits per heavy atom. The maximum Gasteiger partial charge on any atom is 0.348 e. The molecule has 0 unspecified atom stereocenters. The molecule has 0 aliphatic carbocycles. The molecule has 0 bridgehead atoms. The highest BCUT2D eigenvalue weighted by molar-refractivity contribution is 6.31. The molecule has 0 fully saturated rings. The van der Waals surface area contributed by atoms with Crippen molar-refractivity contribution in [3.8, 4) is 0 Å². The van der Waals surface area contributed by atoms with Gasteiger partial charge in [-0.25, -0.2) is 9.97 Å². The second-order valence-electron chi connectivity index (χ2n) is 3.74. The van der Waals surface area contributed by atoms with Gasteiger partial charge in [-0.3, -0.25) is 15.1 Å². The van der Waals surface area contributed by atoms with Crippen molar-refractivity contribution in [1.82, 2.24) is 15.0 Å². The molecule has 2 heterocycles. The molecular formula is C11H10ClN5O2. The molecule has 0 saturated heterocycles. The van der Waals surface area contributed by atoms with Crippen molar-refractivity contribution in [3.05, 3.63) is 51.2 Å². The maximum atomic E-state index is 10.9. The Morgan fingerprint density at radius 3 is 2.89 bits per heavy atom. The van der Waals surface area contributed by atoms with Gasteiger partial charge < -0.3 is 5.32 Å². The predicted molar refractivity (Wildman–Crippen MR) is 70.0 cm³/mol. The van der Waals surface area contributed by atoms with Crippen LogP contribution in [-0.4, -0.2) is 19.9 Å². The van der Waals surface area contributed by atoms with Crippen LogP contribution in [0.2, 0.25) is 5.15 Å². The van der Waals surface area contributed by atoms with E-state index >= 15 is 0 Å². The Hall–Kier alpha value is -2.28. The minimum Gasteiger partial charge on any atom is -0.359 e. The number of rotatable bonds is 4. The predicted octanol–water partition coefficient (Wildman–Crippen LogP) is 2.35. The van der Waals surface area contributed by atoms with Crippen LogP contribution in [0.15, 0.2) is 24.7 Å². The molecule has 1 N–H and O–H groups in total. The molecule has 0 aliphatic heterocycles. The molecule has 2 aromatic heterocycles. The molecule has 7 nitrogen and oxygen atoms in total. The first kappa shape index (κ1) is 13.2. The zero-order chi connectivity index (χ0) is 13.8. The molecule has 0 saturated carbocycles. The first-order chi connectivity index (χ1) is 9.09. The van der Waals surface area contributed by atoms with E-state index in [-0.39, 0.29) is 16.7 Å². The molecule has 2 aromatic rings. The second-order valence-corrected chi connectivity index (χ2v) is 4.10. The Balaban J connectivity index is 2.23. The Bertz CT molecular complexity index is 620. The van der Waals surface area contributed by atoms with Gasteiger partial charge in [-0.2, -0.15) is 0 Å². The Morgan fingerprint density at radius 1 is 1.42 bits per heavy atom. The van der Waals surface area contributed by atoms with Crippen LogP contribution in [0.4, 0.5) is 11.5 Å². The fourth-order valence-corrected chi connectivity index (χ4v) is 1.72. The minimum atomic E-state index is -0.615. The molecule has 2 rings (SSSR count). The SMILES string of the molecule is Cc1cccnc1CNc1ncnc(Cl)c1[N+](=O)[O-]. The minimum absolute atomic E-state index is 0.0788. The van der Waals surface area contributed by atoms with Crippen LogP contribution in [0.1, 0.15) is 11.3 Å². The van der Waals surface area contributed by atoms with Crippen LogP contribution in [0.5, 0.6) is 0 Å². The lowest BCUT2D eigenvalue weighted by molar-refractivity contribution is -0.384. The number of aromatic nitrogens is 3. The summed E-state index contributed by atoms with van der Waals surface area (Å²) in [5, 5.41) is 13.6. The van der Waals surface area contributed by atoms with Gasteiger partial charge >= 0.3 is 5.69 Å². The van der Waals surface area contributed by atoms with Gasteiger partial charge in [0.25, 0.3) is 0 Å². The van der Waals surface area contributed by atoms with Crippen molar-refractivity contribution in [2.45, 2.75) is 13.5 Å². The summed E-state index contributed by atoms with van der Waals surface area (Å²) in [5.41, 5.74) is 1.43. The summed E-state index contributed by atoms with van der Waals surface area (Å²) >= 11 is 5.69. The van der Waals surface area contributed by atoms with Crippen LogP contribution in [-0.2, 0) is 6.54 Å². The summed E-state index contributed by atoms with van der Waals surface area (Å²) in [4.78, 5) is 21.9. The van der Waals surface area contributed by atoms with Gasteiger partial charge in [0, 0.05) is 6.20 Å². The van der Waals surface area contributed by atoms with E-state index in [0.29, 0.717) is 6.54 Å². The van der Waals surface area contributed by atoms with E-state index in [1.165, 1.54) is 6.33 Å². The van der Waals surface area contributed by atoms with E-state index in [9.17, 15) is 10.1 Å². The molecule has 0 amide bonds. The second kappa shape index (κ2) is 5.57. The van der Waals surface area contributed by atoms with Gasteiger partial charge in [0.15, 0.2) is 0 Å². The van der Waals surface area contributed by atoms with Gasteiger partial charge in [-0.1, -0.05) is 17.7 Å². The topological polar surface area (TPSA) is 93.8 Å². The number of anilines is 1. The van der Waals surface area contributed by atoms with E-state index in [0.717, 1.165) is 11.3 Å². The van der Waals surface area contributed by atoms with Crippen molar-refractivity contribution in [2.75, 3.05) is 5.32 Å². The van der Waals surface area contributed by atoms with Gasteiger partial charge in [0.1, 0.15) is 6.33 Å². The van der Waals surface area contributed by atoms with E-state index in [1.807, 2.05) is 19.1 Å². The first-order valence-corrected chi connectivity index (χ1v) is 5.76. The monoisotopic (exact) mass is 279 g/mol. The highest BCUT2D eigenvalue weighted by Gasteiger charge is 2.21. The maximum absolute atomic E-state index is 10.9. The van der Waals surface area contributed by atoms with Crippen molar-refractivity contribution in [2.24, 2.45) is 0 Å². The van der Waals surface area contributed by atoms with Crippen LogP contribution in [0.3, 0.4) is 0 Å². The fourth-order valence-electron chi connectivity index (χ4n) is 1.52. The average Bonchev–Trinajstić information content (AvgIpc) is 2.37. The van der Waals surface area contributed by atoms with E-state index in [4.69, 9.17) is 11.6 Å². The highest BCUT2D eigenvalue weighted by Crippen LogP contribution is 2.28. The zero-order valence-corrected chi connectivity index (χ0v) is 10.8. The molecule has 98 valence electrons. The number of hydrogen-bond donors (Lipinski definition) is 1. The van der Waals surface area contributed by atoms with Crippen molar-refractivity contribution in [1.29, 1.82) is 0 Å². The quantitative estimate of drug-likeness (QED) is 0.524. The summed E-state index contributed by atoms with van der Waals surface area (Å²) < 4.78 is 0. The summed E-state index contributed by atoms with van der Waals surface area (Å²) in [5.74, 6) is 0.0788. The zero-order valence-electron chi connectivity index (χ0n) is 10.00. The molecule has 19 heavy (non-hydrogen) atoms. The van der Waals surface area contributed by atoms with Crippen LogP contribution < -0.4 is 5.32 Å². The molecular weight excluding hydrogens is 270 g/mol. The molecule has 0 spiro atoms. The average molecular weight is 280 g/mol. The summed E-state index contributed by atoms with van der Waals surface area (Å²) in [6.07, 6.45) is 2.83. The van der Waals surface area contributed by atoms with Gasteiger partial charge in [-0.05, 0) is 18.6 Å². The first-order valence-electron chi connectivity index (χ1n) is 5.39. The van der Waals surface area contributed by atoms with Crippen molar-refractivity contribution >= 4 is 23.1 Å². The highest BCUT2D eigenvalue weighted by atomic mass is 35.5. The van der Waals surface area contributed by atoms with Crippen molar-refractivity contribution < 1.29 is 4.92 Å². The van der Waals surface area contributed by atoms with Crippen molar-refractivity contribution in [3.63, 3.8) is 0 Å².